The lowest BCUT2D eigenvalue weighted by Gasteiger charge is -2.35. The summed E-state index contributed by atoms with van der Waals surface area (Å²) in [6.45, 7) is 10.5. The molecule has 21 heavy (non-hydrogen) atoms. The molecule has 1 rings (SSSR count). The van der Waals surface area contributed by atoms with E-state index in [9.17, 15) is 4.79 Å². The number of carbonyl (C=O) groups excluding carboxylic acids is 1. The third-order valence-corrected chi connectivity index (χ3v) is 4.73. The number of carbonyl (C=O) groups is 1. The van der Waals surface area contributed by atoms with Gasteiger partial charge in [0, 0.05) is 6.54 Å². The molecule has 4 heteroatoms. The molecule has 0 aromatic heterocycles. The van der Waals surface area contributed by atoms with Crippen molar-refractivity contribution in [1.82, 2.24) is 10.2 Å². The Bertz CT molecular complexity index is 301. The summed E-state index contributed by atoms with van der Waals surface area (Å²) in [4.78, 5) is 14.5. The molecular formula is C17H34N2O2. The van der Waals surface area contributed by atoms with Gasteiger partial charge in [0.15, 0.2) is 0 Å². The van der Waals surface area contributed by atoms with Gasteiger partial charge in [0.05, 0.1) is 7.11 Å². The Morgan fingerprint density at radius 1 is 1.29 bits per heavy atom. The second-order valence-corrected chi connectivity index (χ2v) is 6.57. The van der Waals surface area contributed by atoms with Crippen LogP contribution in [-0.2, 0) is 9.53 Å². The molecule has 124 valence electrons. The Kier molecular flexibility index (Phi) is 8.27. The Morgan fingerprint density at radius 2 is 1.95 bits per heavy atom. The van der Waals surface area contributed by atoms with Gasteiger partial charge in [-0.15, -0.1) is 0 Å². The summed E-state index contributed by atoms with van der Waals surface area (Å²) in [5.41, 5.74) is -0.551. The number of ether oxygens (including phenoxy) is 1. The number of nitrogens with zero attached hydrogens (tertiary/aromatic N) is 1. The van der Waals surface area contributed by atoms with E-state index < -0.39 is 5.54 Å². The predicted octanol–water partition coefficient (Wildman–Crippen LogP) is 2.82. The van der Waals surface area contributed by atoms with Gasteiger partial charge in [0.25, 0.3) is 0 Å². The number of hydrogen-bond donors (Lipinski definition) is 1. The quantitative estimate of drug-likeness (QED) is 0.665. The first-order chi connectivity index (χ1) is 10.1. The smallest absolute Gasteiger partial charge is 0.325 e. The normalized spacial score (nSPS) is 20.2. The molecule has 4 nitrogen and oxygen atoms in total. The molecule has 0 amide bonds. The highest BCUT2D eigenvalue weighted by Crippen LogP contribution is 2.23. The fourth-order valence-corrected chi connectivity index (χ4v) is 3.18. The van der Waals surface area contributed by atoms with Crippen LogP contribution in [-0.4, -0.2) is 49.7 Å². The molecule has 0 aliphatic carbocycles. The van der Waals surface area contributed by atoms with Crippen molar-refractivity contribution >= 4 is 5.97 Å². The zero-order valence-electron chi connectivity index (χ0n) is 14.4. The molecule has 1 heterocycles. The van der Waals surface area contributed by atoms with Crippen molar-refractivity contribution in [1.29, 1.82) is 0 Å². The van der Waals surface area contributed by atoms with Crippen LogP contribution in [0.15, 0.2) is 0 Å². The fourth-order valence-electron chi connectivity index (χ4n) is 3.18. The van der Waals surface area contributed by atoms with Crippen molar-refractivity contribution in [3.63, 3.8) is 0 Å². The van der Waals surface area contributed by atoms with Crippen LogP contribution in [0.3, 0.4) is 0 Å². The topological polar surface area (TPSA) is 41.6 Å². The largest absolute Gasteiger partial charge is 0.468 e. The maximum atomic E-state index is 12.0. The number of methoxy groups -OCH3 is 1. The van der Waals surface area contributed by atoms with E-state index in [1.807, 2.05) is 6.92 Å². The third kappa shape index (κ3) is 5.95. The zero-order chi connectivity index (χ0) is 15.7. The van der Waals surface area contributed by atoms with Gasteiger partial charge in [-0.05, 0) is 58.2 Å². The van der Waals surface area contributed by atoms with Crippen molar-refractivity contribution in [2.24, 2.45) is 5.92 Å². The second-order valence-electron chi connectivity index (χ2n) is 6.57. The van der Waals surface area contributed by atoms with Crippen molar-refractivity contribution in [3.05, 3.63) is 0 Å². The lowest BCUT2D eigenvalue weighted by molar-refractivity contribution is -0.148. The highest BCUT2D eigenvalue weighted by Gasteiger charge is 2.34. The number of hydrogen-bond acceptors (Lipinski definition) is 4. The van der Waals surface area contributed by atoms with Crippen LogP contribution in [0, 0.1) is 5.92 Å². The van der Waals surface area contributed by atoms with E-state index in [0.717, 1.165) is 31.8 Å². The second kappa shape index (κ2) is 9.42. The first kappa shape index (κ1) is 18.4. The molecule has 0 spiro atoms. The van der Waals surface area contributed by atoms with Gasteiger partial charge in [-0.2, -0.15) is 0 Å². The van der Waals surface area contributed by atoms with Crippen LogP contribution >= 0.6 is 0 Å². The van der Waals surface area contributed by atoms with Crippen LogP contribution < -0.4 is 5.32 Å². The molecule has 1 N–H and O–H groups in total. The SMILES string of the molecule is CCCNC(C)(CCN1CCC(CCC)CC1)C(=O)OC. The first-order valence-corrected chi connectivity index (χ1v) is 8.61. The van der Waals surface area contributed by atoms with Gasteiger partial charge >= 0.3 is 5.97 Å². The summed E-state index contributed by atoms with van der Waals surface area (Å²) in [5.74, 6) is 0.772. The maximum Gasteiger partial charge on any atom is 0.325 e. The van der Waals surface area contributed by atoms with Crippen molar-refractivity contribution in [3.8, 4) is 0 Å². The molecule has 1 atom stereocenters. The summed E-state index contributed by atoms with van der Waals surface area (Å²) in [5, 5.41) is 3.36. The van der Waals surface area contributed by atoms with E-state index in [-0.39, 0.29) is 5.97 Å². The van der Waals surface area contributed by atoms with E-state index in [2.05, 4.69) is 24.1 Å². The maximum absolute atomic E-state index is 12.0. The van der Waals surface area contributed by atoms with Crippen LogP contribution in [0.25, 0.3) is 0 Å². The summed E-state index contributed by atoms with van der Waals surface area (Å²) in [6.07, 6.45) is 7.13. The van der Waals surface area contributed by atoms with E-state index in [4.69, 9.17) is 4.74 Å². The molecule has 1 aliphatic rings. The monoisotopic (exact) mass is 298 g/mol. The average molecular weight is 298 g/mol. The lowest BCUT2D eigenvalue weighted by Crippen LogP contribution is -2.52. The standard InChI is InChI=1S/C17H34N2O2/c1-5-7-15-8-12-19(13-9-15)14-10-17(3,16(20)21-4)18-11-6-2/h15,18H,5-14H2,1-4H3. The van der Waals surface area contributed by atoms with Crippen molar-refractivity contribution in [2.75, 3.05) is 33.3 Å². The average Bonchev–Trinajstić information content (AvgIpc) is 2.51. The van der Waals surface area contributed by atoms with Gasteiger partial charge in [0.1, 0.15) is 5.54 Å². The molecule has 0 radical (unpaired) electrons. The van der Waals surface area contributed by atoms with Crippen LogP contribution in [0.2, 0.25) is 0 Å². The molecule has 1 unspecified atom stereocenters. The van der Waals surface area contributed by atoms with Gasteiger partial charge < -0.3 is 15.0 Å². The Morgan fingerprint density at radius 3 is 2.48 bits per heavy atom. The molecular weight excluding hydrogens is 264 g/mol. The Balaban J connectivity index is 2.41. The molecule has 1 aliphatic heterocycles. The Labute approximate surface area is 130 Å². The predicted molar refractivity (Wildman–Crippen MR) is 87.4 cm³/mol. The third-order valence-electron chi connectivity index (χ3n) is 4.73. The molecule has 0 aromatic rings. The summed E-state index contributed by atoms with van der Waals surface area (Å²) in [6, 6.07) is 0. The van der Waals surface area contributed by atoms with E-state index >= 15 is 0 Å². The lowest BCUT2D eigenvalue weighted by atomic mass is 9.91. The molecule has 1 saturated heterocycles. The Hall–Kier alpha value is -0.610. The number of piperidine rings is 1. The summed E-state index contributed by atoms with van der Waals surface area (Å²) in [7, 11) is 1.48. The molecule has 1 fully saturated rings. The van der Waals surface area contributed by atoms with Gasteiger partial charge in [-0.3, -0.25) is 4.79 Å². The minimum absolute atomic E-state index is 0.142. The fraction of sp³-hybridized carbons (Fsp3) is 0.941. The molecule has 0 saturated carbocycles. The molecule has 0 aromatic carbocycles. The summed E-state index contributed by atoms with van der Waals surface area (Å²) >= 11 is 0. The van der Waals surface area contributed by atoms with Crippen molar-refractivity contribution in [2.45, 2.75) is 64.8 Å². The zero-order valence-corrected chi connectivity index (χ0v) is 14.4. The van der Waals surface area contributed by atoms with Crippen molar-refractivity contribution < 1.29 is 9.53 Å². The number of rotatable bonds is 9. The van der Waals surface area contributed by atoms with Crippen LogP contribution in [0.4, 0.5) is 0 Å². The highest BCUT2D eigenvalue weighted by molar-refractivity contribution is 5.80. The number of esters is 1. The minimum atomic E-state index is -0.551. The van der Waals surface area contributed by atoms with Gasteiger partial charge in [0.2, 0.25) is 0 Å². The van der Waals surface area contributed by atoms with E-state index in [1.54, 1.807) is 0 Å². The van der Waals surface area contributed by atoms with Gasteiger partial charge in [-0.25, -0.2) is 0 Å². The minimum Gasteiger partial charge on any atom is -0.468 e. The number of nitrogens with one attached hydrogen (secondary N) is 1. The van der Waals surface area contributed by atoms with E-state index in [1.165, 1.54) is 45.9 Å². The highest BCUT2D eigenvalue weighted by atomic mass is 16.5. The summed E-state index contributed by atoms with van der Waals surface area (Å²) < 4.78 is 4.98. The molecule has 0 bridgehead atoms. The van der Waals surface area contributed by atoms with Crippen LogP contribution in [0.5, 0.6) is 0 Å². The number of likely N-dealkylation sites (tertiary alicyclic amines) is 1. The van der Waals surface area contributed by atoms with E-state index in [0.29, 0.717) is 0 Å². The first-order valence-electron chi connectivity index (χ1n) is 8.61. The van der Waals surface area contributed by atoms with Crippen LogP contribution in [0.1, 0.15) is 59.3 Å². The van der Waals surface area contributed by atoms with Gasteiger partial charge in [-0.1, -0.05) is 26.7 Å².